The Balaban J connectivity index is 4.01. The first-order valence-corrected chi connectivity index (χ1v) is 6.14. The number of likely N-dealkylation sites (N-methyl/N-ethyl adjacent to an activating group) is 2. The minimum Gasteiger partial charge on any atom is -0.347 e. The quantitative estimate of drug-likeness (QED) is 0.625. The van der Waals surface area contributed by atoms with Gasteiger partial charge in [-0.05, 0) is 46.4 Å². The average molecular weight is 229 g/mol. The van der Waals surface area contributed by atoms with Gasteiger partial charge in [-0.25, -0.2) is 0 Å². The van der Waals surface area contributed by atoms with Crippen molar-refractivity contribution in [2.75, 3.05) is 40.8 Å². The maximum atomic E-state index is 11.8. The summed E-state index contributed by atoms with van der Waals surface area (Å²) in [7, 11) is 5.59. The molecule has 96 valence electrons. The van der Waals surface area contributed by atoms with Crippen LogP contribution in [-0.4, -0.2) is 62.5 Å². The third-order valence-electron chi connectivity index (χ3n) is 2.87. The van der Waals surface area contributed by atoms with E-state index in [4.69, 9.17) is 0 Å². The topological polar surface area (TPSA) is 35.6 Å². The number of nitrogens with one attached hydrogen (secondary N) is 1. The Bertz CT molecular complexity index is 195. The van der Waals surface area contributed by atoms with Gasteiger partial charge in [-0.1, -0.05) is 6.92 Å². The van der Waals surface area contributed by atoms with Gasteiger partial charge < -0.3 is 10.2 Å². The highest BCUT2D eigenvalue weighted by atomic mass is 16.2. The van der Waals surface area contributed by atoms with E-state index in [1.54, 1.807) is 4.90 Å². The van der Waals surface area contributed by atoms with Crippen LogP contribution in [0.2, 0.25) is 0 Å². The second kappa shape index (κ2) is 8.53. The molecule has 16 heavy (non-hydrogen) atoms. The molecule has 0 fully saturated rings. The van der Waals surface area contributed by atoms with Crippen molar-refractivity contribution in [2.45, 2.75) is 32.7 Å². The van der Waals surface area contributed by atoms with Gasteiger partial charge >= 0.3 is 0 Å². The number of carbonyl (C=O) groups is 1. The number of carbonyl (C=O) groups excluding carboxylic acids is 1. The van der Waals surface area contributed by atoms with Crippen LogP contribution in [0.1, 0.15) is 26.7 Å². The van der Waals surface area contributed by atoms with Crippen LogP contribution in [0.3, 0.4) is 0 Å². The van der Waals surface area contributed by atoms with Gasteiger partial charge in [0.25, 0.3) is 0 Å². The second-order valence-corrected chi connectivity index (χ2v) is 4.35. The third kappa shape index (κ3) is 5.47. The van der Waals surface area contributed by atoms with Gasteiger partial charge in [0.2, 0.25) is 5.91 Å². The normalized spacial score (nSPS) is 12.9. The molecule has 1 unspecified atom stereocenters. The summed E-state index contributed by atoms with van der Waals surface area (Å²) in [5.74, 6) is 0.190. The van der Waals surface area contributed by atoms with Crippen LogP contribution in [0.4, 0.5) is 0 Å². The molecule has 0 aliphatic carbocycles. The Kier molecular flexibility index (Phi) is 8.21. The lowest BCUT2D eigenvalue weighted by atomic mass is 10.2. The molecular weight excluding hydrogens is 202 g/mol. The van der Waals surface area contributed by atoms with Crippen molar-refractivity contribution in [2.24, 2.45) is 0 Å². The SMILES string of the molecule is CCN(CCCCNC)C(C)C(=O)N(C)C. The molecule has 1 N–H and O–H groups in total. The molecule has 4 nitrogen and oxygen atoms in total. The van der Waals surface area contributed by atoms with Crippen molar-refractivity contribution in [1.29, 1.82) is 0 Å². The maximum Gasteiger partial charge on any atom is 0.239 e. The number of rotatable bonds is 8. The van der Waals surface area contributed by atoms with Gasteiger partial charge in [0.15, 0.2) is 0 Å². The Labute approximate surface area is 100.0 Å². The standard InChI is InChI=1S/C12H27N3O/c1-6-15(10-8-7-9-13-3)11(2)12(16)14(4)5/h11,13H,6-10H2,1-5H3. The molecule has 0 aromatic heterocycles. The molecule has 0 aromatic carbocycles. The van der Waals surface area contributed by atoms with Gasteiger partial charge in [0.05, 0.1) is 6.04 Å². The molecule has 0 aromatic rings. The largest absolute Gasteiger partial charge is 0.347 e. The molecule has 0 aliphatic rings. The Morgan fingerprint density at radius 1 is 1.31 bits per heavy atom. The fraction of sp³-hybridized carbons (Fsp3) is 0.917. The highest BCUT2D eigenvalue weighted by molar-refractivity contribution is 5.80. The van der Waals surface area contributed by atoms with E-state index in [0.29, 0.717) is 0 Å². The fourth-order valence-corrected chi connectivity index (χ4v) is 1.77. The summed E-state index contributed by atoms with van der Waals surface area (Å²) in [6.45, 7) is 7.08. The zero-order chi connectivity index (χ0) is 12.6. The van der Waals surface area contributed by atoms with E-state index in [2.05, 4.69) is 17.1 Å². The van der Waals surface area contributed by atoms with E-state index in [1.165, 1.54) is 0 Å². The monoisotopic (exact) mass is 229 g/mol. The first-order valence-electron chi connectivity index (χ1n) is 6.14. The fourth-order valence-electron chi connectivity index (χ4n) is 1.77. The van der Waals surface area contributed by atoms with Crippen molar-refractivity contribution in [1.82, 2.24) is 15.1 Å². The summed E-state index contributed by atoms with van der Waals surface area (Å²) in [6, 6.07) is -0.00501. The Morgan fingerprint density at radius 3 is 2.38 bits per heavy atom. The molecular formula is C12H27N3O. The summed E-state index contributed by atoms with van der Waals surface area (Å²) < 4.78 is 0. The molecule has 0 aliphatic heterocycles. The number of hydrogen-bond acceptors (Lipinski definition) is 3. The van der Waals surface area contributed by atoms with Crippen molar-refractivity contribution in [3.05, 3.63) is 0 Å². The highest BCUT2D eigenvalue weighted by Crippen LogP contribution is 2.04. The predicted molar refractivity (Wildman–Crippen MR) is 68.6 cm³/mol. The lowest BCUT2D eigenvalue weighted by Crippen LogP contribution is -2.45. The number of amides is 1. The predicted octanol–water partition coefficient (Wildman–Crippen LogP) is 0.785. The van der Waals surface area contributed by atoms with Gasteiger partial charge in [0, 0.05) is 14.1 Å². The molecule has 0 saturated heterocycles. The summed E-state index contributed by atoms with van der Waals surface area (Å²) >= 11 is 0. The lowest BCUT2D eigenvalue weighted by molar-refractivity contribution is -0.133. The Hall–Kier alpha value is -0.610. The van der Waals surface area contributed by atoms with Crippen LogP contribution in [0.25, 0.3) is 0 Å². The van der Waals surface area contributed by atoms with Gasteiger partial charge in [0.1, 0.15) is 0 Å². The number of hydrogen-bond donors (Lipinski definition) is 1. The third-order valence-corrected chi connectivity index (χ3v) is 2.87. The maximum absolute atomic E-state index is 11.8. The summed E-state index contributed by atoms with van der Waals surface area (Å²) in [5.41, 5.74) is 0. The van der Waals surface area contributed by atoms with Crippen LogP contribution >= 0.6 is 0 Å². The van der Waals surface area contributed by atoms with Gasteiger partial charge in [-0.2, -0.15) is 0 Å². The minimum atomic E-state index is -0.00501. The van der Waals surface area contributed by atoms with E-state index in [9.17, 15) is 4.79 Å². The molecule has 0 bridgehead atoms. The Morgan fingerprint density at radius 2 is 1.94 bits per heavy atom. The van der Waals surface area contributed by atoms with E-state index in [0.717, 1.165) is 32.5 Å². The molecule has 4 heteroatoms. The van der Waals surface area contributed by atoms with Crippen molar-refractivity contribution >= 4 is 5.91 Å². The molecule has 0 spiro atoms. The van der Waals surface area contributed by atoms with Crippen LogP contribution in [0.5, 0.6) is 0 Å². The van der Waals surface area contributed by atoms with Crippen molar-refractivity contribution in [3.8, 4) is 0 Å². The zero-order valence-electron chi connectivity index (χ0n) is 11.4. The van der Waals surface area contributed by atoms with E-state index in [-0.39, 0.29) is 11.9 Å². The smallest absolute Gasteiger partial charge is 0.239 e. The second-order valence-electron chi connectivity index (χ2n) is 4.35. The summed E-state index contributed by atoms with van der Waals surface area (Å²) in [6.07, 6.45) is 2.30. The first kappa shape index (κ1) is 15.4. The molecule has 1 amide bonds. The highest BCUT2D eigenvalue weighted by Gasteiger charge is 2.20. The van der Waals surface area contributed by atoms with E-state index >= 15 is 0 Å². The van der Waals surface area contributed by atoms with E-state index in [1.807, 2.05) is 28.1 Å². The minimum absolute atomic E-state index is 0.00501. The van der Waals surface area contributed by atoms with Crippen LogP contribution in [0.15, 0.2) is 0 Å². The molecule has 0 rings (SSSR count). The molecule has 0 heterocycles. The lowest BCUT2D eigenvalue weighted by Gasteiger charge is -2.28. The van der Waals surface area contributed by atoms with Crippen LogP contribution in [0, 0.1) is 0 Å². The van der Waals surface area contributed by atoms with Crippen molar-refractivity contribution in [3.63, 3.8) is 0 Å². The molecule has 0 saturated carbocycles. The molecule has 0 radical (unpaired) electrons. The van der Waals surface area contributed by atoms with Crippen LogP contribution in [-0.2, 0) is 4.79 Å². The number of nitrogens with zero attached hydrogens (tertiary/aromatic N) is 2. The van der Waals surface area contributed by atoms with Gasteiger partial charge in [-0.15, -0.1) is 0 Å². The average Bonchev–Trinajstić information content (AvgIpc) is 2.27. The summed E-state index contributed by atoms with van der Waals surface area (Å²) in [4.78, 5) is 15.7. The molecule has 1 atom stereocenters. The van der Waals surface area contributed by atoms with Crippen molar-refractivity contribution < 1.29 is 4.79 Å². The zero-order valence-corrected chi connectivity index (χ0v) is 11.4. The first-order chi connectivity index (χ1) is 7.54. The number of unbranched alkanes of at least 4 members (excludes halogenated alkanes) is 1. The van der Waals surface area contributed by atoms with E-state index < -0.39 is 0 Å². The summed E-state index contributed by atoms with van der Waals surface area (Å²) in [5, 5.41) is 3.14. The van der Waals surface area contributed by atoms with Gasteiger partial charge in [-0.3, -0.25) is 9.69 Å². The van der Waals surface area contributed by atoms with Crippen LogP contribution < -0.4 is 5.32 Å².